The van der Waals surface area contributed by atoms with Crippen LogP contribution in [0.4, 0.5) is 13.2 Å². The van der Waals surface area contributed by atoms with Crippen molar-refractivity contribution in [3.05, 3.63) is 56.5 Å². The molecule has 2 atom stereocenters. The maximum absolute atomic E-state index is 12.6. The van der Waals surface area contributed by atoms with Crippen LogP contribution in [-0.2, 0) is 6.42 Å². The van der Waals surface area contributed by atoms with Gasteiger partial charge in [-0.05, 0) is 72.7 Å². The fourth-order valence-electron chi connectivity index (χ4n) is 3.92. The van der Waals surface area contributed by atoms with Crippen molar-refractivity contribution >= 4 is 31.9 Å². The summed E-state index contributed by atoms with van der Waals surface area (Å²) in [6, 6.07) is 10.1. The number of hydrazine groups is 1. The van der Waals surface area contributed by atoms with E-state index in [2.05, 4.69) is 36.6 Å². The summed E-state index contributed by atoms with van der Waals surface area (Å²) in [4.78, 5) is 0. The highest BCUT2D eigenvalue weighted by Crippen LogP contribution is 2.40. The van der Waals surface area contributed by atoms with E-state index in [1.165, 1.54) is 25.3 Å². The molecule has 1 aliphatic heterocycles. The highest BCUT2D eigenvalue weighted by atomic mass is 79.9. The van der Waals surface area contributed by atoms with Gasteiger partial charge >= 0.3 is 6.36 Å². The van der Waals surface area contributed by atoms with Gasteiger partial charge < -0.3 is 9.47 Å². The Bertz CT molecular complexity index is 844. The van der Waals surface area contributed by atoms with Crippen molar-refractivity contribution in [1.29, 1.82) is 0 Å². The van der Waals surface area contributed by atoms with E-state index in [0.717, 1.165) is 33.9 Å². The van der Waals surface area contributed by atoms with Crippen LogP contribution in [0.5, 0.6) is 11.5 Å². The van der Waals surface area contributed by atoms with Gasteiger partial charge in [-0.1, -0.05) is 31.9 Å². The highest BCUT2D eigenvalue weighted by molar-refractivity contribution is 9.11. The maximum atomic E-state index is 12.6. The number of nitrogens with zero attached hydrogens (tertiary/aromatic N) is 1. The van der Waals surface area contributed by atoms with Crippen molar-refractivity contribution in [2.75, 3.05) is 13.7 Å². The van der Waals surface area contributed by atoms with E-state index < -0.39 is 6.36 Å². The Balaban J connectivity index is 1.92. The molecule has 2 aromatic carbocycles. The Morgan fingerprint density at radius 2 is 1.83 bits per heavy atom. The molecule has 3 rings (SSSR count). The zero-order chi connectivity index (χ0) is 21.2. The summed E-state index contributed by atoms with van der Waals surface area (Å²) in [6.07, 6.45) is -2.42. The average Bonchev–Trinajstić information content (AvgIpc) is 2.60. The molecule has 0 bridgehead atoms. The van der Waals surface area contributed by atoms with Crippen LogP contribution < -0.4 is 15.3 Å². The fraction of sp³-hybridized carbons (Fsp3) is 0.400. The van der Waals surface area contributed by atoms with Crippen LogP contribution in [0, 0.1) is 5.92 Å². The van der Waals surface area contributed by atoms with Crippen LogP contribution >= 0.6 is 31.9 Å². The zero-order valence-electron chi connectivity index (χ0n) is 15.7. The third-order valence-electron chi connectivity index (χ3n) is 4.99. The van der Waals surface area contributed by atoms with E-state index in [1.54, 1.807) is 0 Å². The van der Waals surface area contributed by atoms with Gasteiger partial charge in [-0.15, -0.1) is 13.2 Å². The minimum absolute atomic E-state index is 0.0746. The van der Waals surface area contributed by atoms with Crippen LogP contribution in [0.25, 0.3) is 0 Å². The number of hydrogen-bond donors (Lipinski definition) is 1. The van der Waals surface area contributed by atoms with E-state index in [4.69, 9.17) is 10.6 Å². The predicted octanol–water partition coefficient (Wildman–Crippen LogP) is 5.99. The smallest absolute Gasteiger partial charge is 0.496 e. The molecule has 9 heteroatoms. The fourth-order valence-corrected chi connectivity index (χ4v) is 5.25. The molecule has 0 saturated carbocycles. The summed E-state index contributed by atoms with van der Waals surface area (Å²) in [5.74, 6) is 6.71. The van der Waals surface area contributed by atoms with Crippen molar-refractivity contribution in [3.63, 3.8) is 0 Å². The maximum Gasteiger partial charge on any atom is 0.573 e. The van der Waals surface area contributed by atoms with Crippen LogP contribution in [0.2, 0.25) is 0 Å². The summed E-state index contributed by atoms with van der Waals surface area (Å²) >= 11 is 7.03. The van der Waals surface area contributed by atoms with Crippen molar-refractivity contribution in [3.8, 4) is 11.5 Å². The standard InChI is InChI=1S/C20H21Br2F3N2O2/c1-28-18-5-4-17(29-20(23,24)25)10-13(18)7-12-3-2-6-27(26)19(12)14-8-15(21)11-16(22)9-14/h4-5,8-12,19H,2-3,6-7,26H2,1H3. The van der Waals surface area contributed by atoms with Gasteiger partial charge in [-0.25, -0.2) is 5.01 Å². The molecule has 4 nitrogen and oxygen atoms in total. The number of benzene rings is 2. The molecule has 1 fully saturated rings. The SMILES string of the molecule is COc1ccc(OC(F)(F)F)cc1CC1CCCN(N)C1c1cc(Br)cc(Br)c1. The van der Waals surface area contributed by atoms with Crippen LogP contribution in [0.1, 0.15) is 30.0 Å². The van der Waals surface area contributed by atoms with Crippen molar-refractivity contribution in [1.82, 2.24) is 5.01 Å². The molecule has 0 aromatic heterocycles. The van der Waals surface area contributed by atoms with Gasteiger partial charge in [0.25, 0.3) is 0 Å². The highest BCUT2D eigenvalue weighted by Gasteiger charge is 2.34. The Labute approximate surface area is 184 Å². The molecule has 158 valence electrons. The molecule has 0 radical (unpaired) electrons. The first kappa shape index (κ1) is 22.4. The average molecular weight is 538 g/mol. The molecule has 0 amide bonds. The molecule has 2 unspecified atom stereocenters. The number of halogens is 5. The van der Waals surface area contributed by atoms with E-state index in [0.29, 0.717) is 17.7 Å². The number of alkyl halides is 3. The summed E-state index contributed by atoms with van der Waals surface area (Å²) in [6.45, 7) is 0.750. The molecule has 0 aliphatic carbocycles. The third-order valence-corrected chi connectivity index (χ3v) is 5.90. The first-order valence-corrected chi connectivity index (χ1v) is 10.6. The topological polar surface area (TPSA) is 47.7 Å². The van der Waals surface area contributed by atoms with Crippen LogP contribution in [0.15, 0.2) is 45.3 Å². The van der Waals surface area contributed by atoms with E-state index in [9.17, 15) is 13.2 Å². The predicted molar refractivity (Wildman–Crippen MR) is 112 cm³/mol. The van der Waals surface area contributed by atoms with Crippen LogP contribution in [-0.4, -0.2) is 25.0 Å². The van der Waals surface area contributed by atoms with Gasteiger partial charge in [-0.3, -0.25) is 5.84 Å². The van der Waals surface area contributed by atoms with Gasteiger partial charge in [-0.2, -0.15) is 0 Å². The largest absolute Gasteiger partial charge is 0.573 e. The second kappa shape index (κ2) is 9.24. The van der Waals surface area contributed by atoms with E-state index >= 15 is 0 Å². The molecule has 1 heterocycles. The quantitative estimate of drug-likeness (QED) is 0.476. The molecular weight excluding hydrogens is 517 g/mol. The number of rotatable bonds is 5. The normalized spacial score (nSPS) is 20.5. The molecule has 1 saturated heterocycles. The van der Waals surface area contributed by atoms with Gasteiger partial charge in [0.05, 0.1) is 13.2 Å². The second-order valence-electron chi connectivity index (χ2n) is 7.01. The monoisotopic (exact) mass is 536 g/mol. The first-order chi connectivity index (χ1) is 13.7. The summed E-state index contributed by atoms with van der Waals surface area (Å²) in [5.41, 5.74) is 1.70. The van der Waals surface area contributed by atoms with Gasteiger partial charge in [0, 0.05) is 15.5 Å². The molecule has 0 spiro atoms. The Morgan fingerprint density at radius 3 is 2.45 bits per heavy atom. The lowest BCUT2D eigenvalue weighted by Gasteiger charge is -2.39. The number of hydrogen-bond acceptors (Lipinski definition) is 4. The van der Waals surface area contributed by atoms with Gasteiger partial charge in [0.1, 0.15) is 11.5 Å². The minimum Gasteiger partial charge on any atom is -0.496 e. The molecular formula is C20H21Br2F3N2O2. The number of nitrogens with two attached hydrogens (primary N) is 1. The molecule has 2 N–H and O–H groups in total. The van der Waals surface area contributed by atoms with Crippen LogP contribution in [0.3, 0.4) is 0 Å². The third kappa shape index (κ3) is 5.87. The number of ether oxygens (including phenoxy) is 2. The lowest BCUT2D eigenvalue weighted by atomic mass is 9.81. The molecule has 29 heavy (non-hydrogen) atoms. The van der Waals surface area contributed by atoms with Crippen molar-refractivity contribution < 1.29 is 22.6 Å². The number of methoxy groups -OCH3 is 1. The van der Waals surface area contributed by atoms with Gasteiger partial charge in [0.2, 0.25) is 0 Å². The minimum atomic E-state index is -4.74. The zero-order valence-corrected chi connectivity index (χ0v) is 18.9. The molecule has 1 aliphatic rings. The Morgan fingerprint density at radius 1 is 1.14 bits per heavy atom. The number of piperidine rings is 1. The Hall–Kier alpha value is -1.29. The second-order valence-corrected chi connectivity index (χ2v) is 8.84. The summed E-state index contributed by atoms with van der Waals surface area (Å²) < 4.78 is 49.2. The Kier molecular flexibility index (Phi) is 7.14. The van der Waals surface area contributed by atoms with Gasteiger partial charge in [0.15, 0.2) is 0 Å². The first-order valence-electron chi connectivity index (χ1n) is 9.06. The van der Waals surface area contributed by atoms with E-state index in [-0.39, 0.29) is 17.7 Å². The van der Waals surface area contributed by atoms with Crippen molar-refractivity contribution in [2.24, 2.45) is 11.8 Å². The summed E-state index contributed by atoms with van der Waals surface area (Å²) in [5, 5.41) is 1.81. The lowest BCUT2D eigenvalue weighted by molar-refractivity contribution is -0.274. The summed E-state index contributed by atoms with van der Waals surface area (Å²) in [7, 11) is 1.50. The molecule has 2 aromatic rings. The van der Waals surface area contributed by atoms with Crippen molar-refractivity contribution in [2.45, 2.75) is 31.7 Å². The lowest BCUT2D eigenvalue weighted by Crippen LogP contribution is -2.44. The van der Waals surface area contributed by atoms with E-state index in [1.807, 2.05) is 23.2 Å².